The van der Waals surface area contributed by atoms with E-state index in [1.54, 1.807) is 13.8 Å². The Bertz CT molecular complexity index is 687. The Kier molecular flexibility index (Phi) is 4.84. The van der Waals surface area contributed by atoms with E-state index >= 15 is 0 Å². The van der Waals surface area contributed by atoms with Gasteiger partial charge in [-0.15, -0.1) is 0 Å². The summed E-state index contributed by atoms with van der Waals surface area (Å²) in [5.74, 6) is -3.53. The van der Waals surface area contributed by atoms with Crippen LogP contribution in [0, 0.1) is 23.2 Å². The zero-order valence-corrected chi connectivity index (χ0v) is 15.9. The number of hydrogen-bond acceptors (Lipinski definition) is 8. The fourth-order valence-electron chi connectivity index (χ4n) is 5.38. The van der Waals surface area contributed by atoms with Gasteiger partial charge in [-0.05, 0) is 5.92 Å². The van der Waals surface area contributed by atoms with Gasteiger partial charge in [0.2, 0.25) is 0 Å². The van der Waals surface area contributed by atoms with Crippen molar-refractivity contribution in [3.63, 3.8) is 0 Å². The van der Waals surface area contributed by atoms with Gasteiger partial charge in [0, 0.05) is 37.2 Å². The van der Waals surface area contributed by atoms with Gasteiger partial charge in [-0.25, -0.2) is 4.79 Å². The lowest BCUT2D eigenvalue weighted by atomic mass is 9.66. The molecule has 27 heavy (non-hydrogen) atoms. The van der Waals surface area contributed by atoms with Crippen LogP contribution in [0.1, 0.15) is 34.1 Å². The largest absolute Gasteiger partial charge is 0.462 e. The van der Waals surface area contributed by atoms with Crippen LogP contribution in [0.15, 0.2) is 12.2 Å². The predicted molar refractivity (Wildman–Crippen MR) is 91.0 cm³/mol. The highest BCUT2D eigenvalue weighted by Gasteiger charge is 2.68. The van der Waals surface area contributed by atoms with E-state index in [2.05, 4.69) is 6.58 Å². The van der Waals surface area contributed by atoms with Crippen molar-refractivity contribution in [3.05, 3.63) is 12.2 Å². The Morgan fingerprint density at radius 3 is 2.37 bits per heavy atom. The SMILES string of the molecule is C=C1C(=O)O[C@H]2[C@H](O)[C@@H](C)[C@@H]3[C@@H](OC(C)=O)C[C@@H](O)[C@@]3(C)[C@H](OC(C)=O)[C@H]12. The Morgan fingerprint density at radius 2 is 1.81 bits per heavy atom. The first-order valence-corrected chi connectivity index (χ1v) is 9.10. The quantitative estimate of drug-likeness (QED) is 0.399. The molecule has 150 valence electrons. The fraction of sp³-hybridized carbons (Fsp3) is 0.737. The lowest BCUT2D eigenvalue weighted by Gasteiger charge is -2.43. The maximum Gasteiger partial charge on any atom is 0.334 e. The van der Waals surface area contributed by atoms with E-state index in [0.29, 0.717) is 0 Å². The molecule has 0 aromatic heterocycles. The van der Waals surface area contributed by atoms with Crippen molar-refractivity contribution in [3.8, 4) is 0 Å². The average molecular weight is 382 g/mol. The molecule has 2 aliphatic carbocycles. The maximum absolute atomic E-state index is 12.1. The van der Waals surface area contributed by atoms with Crippen molar-refractivity contribution in [2.45, 2.75) is 64.6 Å². The lowest BCUT2D eigenvalue weighted by molar-refractivity contribution is -0.170. The Balaban J connectivity index is 2.15. The van der Waals surface area contributed by atoms with Gasteiger partial charge in [-0.2, -0.15) is 0 Å². The molecule has 3 fully saturated rings. The molecular weight excluding hydrogens is 356 g/mol. The molecule has 3 aliphatic rings. The number of aliphatic hydroxyl groups excluding tert-OH is 2. The van der Waals surface area contributed by atoms with E-state index < -0.39 is 71.6 Å². The molecule has 1 saturated heterocycles. The second-order valence-corrected chi connectivity index (χ2v) is 8.09. The summed E-state index contributed by atoms with van der Waals surface area (Å²) in [6.45, 7) is 9.78. The van der Waals surface area contributed by atoms with E-state index in [1.807, 2.05) is 0 Å². The predicted octanol–water partition coefficient (Wildman–Crippen LogP) is 0.345. The van der Waals surface area contributed by atoms with Crippen molar-refractivity contribution in [1.82, 2.24) is 0 Å². The number of carbonyl (C=O) groups is 3. The smallest absolute Gasteiger partial charge is 0.334 e. The van der Waals surface area contributed by atoms with Gasteiger partial charge in [-0.1, -0.05) is 20.4 Å². The van der Waals surface area contributed by atoms with E-state index in [9.17, 15) is 24.6 Å². The van der Waals surface area contributed by atoms with Crippen LogP contribution in [0.4, 0.5) is 0 Å². The van der Waals surface area contributed by atoms with Crippen LogP contribution in [0.25, 0.3) is 0 Å². The van der Waals surface area contributed by atoms with Crippen LogP contribution in [-0.4, -0.2) is 58.6 Å². The van der Waals surface area contributed by atoms with E-state index in [4.69, 9.17) is 14.2 Å². The topological polar surface area (TPSA) is 119 Å². The van der Waals surface area contributed by atoms with Gasteiger partial charge in [-0.3, -0.25) is 9.59 Å². The van der Waals surface area contributed by atoms with Crippen molar-refractivity contribution in [2.24, 2.45) is 23.2 Å². The number of aliphatic hydroxyl groups is 2. The molecule has 0 amide bonds. The summed E-state index contributed by atoms with van der Waals surface area (Å²) >= 11 is 0. The summed E-state index contributed by atoms with van der Waals surface area (Å²) < 4.78 is 16.4. The number of hydrogen-bond donors (Lipinski definition) is 2. The number of esters is 3. The van der Waals surface area contributed by atoms with Gasteiger partial charge >= 0.3 is 17.9 Å². The molecule has 0 bridgehead atoms. The summed E-state index contributed by atoms with van der Waals surface area (Å²) in [5.41, 5.74) is -0.967. The van der Waals surface area contributed by atoms with E-state index in [0.717, 1.165) is 0 Å². The van der Waals surface area contributed by atoms with Crippen molar-refractivity contribution in [2.75, 3.05) is 0 Å². The highest BCUT2D eigenvalue weighted by atomic mass is 16.6. The molecule has 0 aromatic rings. The fourth-order valence-corrected chi connectivity index (χ4v) is 5.38. The molecule has 0 unspecified atom stereocenters. The molecule has 1 aliphatic heterocycles. The summed E-state index contributed by atoms with van der Waals surface area (Å²) in [6.07, 6.45) is -4.49. The molecule has 1 heterocycles. The highest BCUT2D eigenvalue weighted by molar-refractivity contribution is 5.91. The second-order valence-electron chi connectivity index (χ2n) is 8.09. The number of fused-ring (bicyclic) bond motifs is 2. The van der Waals surface area contributed by atoms with Crippen molar-refractivity contribution in [1.29, 1.82) is 0 Å². The molecule has 2 saturated carbocycles. The Morgan fingerprint density at radius 1 is 1.22 bits per heavy atom. The molecule has 3 rings (SSSR count). The summed E-state index contributed by atoms with van der Waals surface area (Å²) in [4.78, 5) is 35.5. The average Bonchev–Trinajstić information content (AvgIpc) is 2.96. The van der Waals surface area contributed by atoms with E-state index in [-0.39, 0.29) is 12.0 Å². The van der Waals surface area contributed by atoms with Crippen LogP contribution < -0.4 is 0 Å². The summed E-state index contributed by atoms with van der Waals surface area (Å²) in [7, 11) is 0. The molecule has 0 radical (unpaired) electrons. The minimum absolute atomic E-state index is 0.0995. The van der Waals surface area contributed by atoms with Crippen LogP contribution in [0.3, 0.4) is 0 Å². The Hall–Kier alpha value is -1.93. The zero-order chi connectivity index (χ0) is 20.3. The van der Waals surface area contributed by atoms with Crippen molar-refractivity contribution >= 4 is 17.9 Å². The van der Waals surface area contributed by atoms with Crippen LogP contribution in [0.5, 0.6) is 0 Å². The first kappa shape index (κ1) is 19.8. The van der Waals surface area contributed by atoms with Crippen LogP contribution in [-0.2, 0) is 28.6 Å². The van der Waals surface area contributed by atoms with Gasteiger partial charge in [0.05, 0.1) is 18.1 Å². The maximum atomic E-state index is 12.1. The highest BCUT2D eigenvalue weighted by Crippen LogP contribution is 2.58. The van der Waals surface area contributed by atoms with Gasteiger partial charge in [0.25, 0.3) is 0 Å². The van der Waals surface area contributed by atoms with E-state index in [1.165, 1.54) is 13.8 Å². The Labute approximate surface area is 157 Å². The molecular formula is C19H26O8. The minimum atomic E-state index is -1.09. The van der Waals surface area contributed by atoms with Crippen LogP contribution >= 0.6 is 0 Å². The van der Waals surface area contributed by atoms with Gasteiger partial charge in [0.1, 0.15) is 18.3 Å². The number of carbonyl (C=O) groups excluding carboxylic acids is 3. The molecule has 9 atom stereocenters. The summed E-state index contributed by atoms with van der Waals surface area (Å²) in [6, 6.07) is 0. The summed E-state index contributed by atoms with van der Waals surface area (Å²) in [5, 5.41) is 21.9. The monoisotopic (exact) mass is 382 g/mol. The first-order chi connectivity index (χ1) is 12.5. The molecule has 8 heteroatoms. The third kappa shape index (κ3) is 2.86. The lowest BCUT2D eigenvalue weighted by Crippen LogP contribution is -2.51. The van der Waals surface area contributed by atoms with Gasteiger partial charge in [0.15, 0.2) is 0 Å². The molecule has 8 nitrogen and oxygen atoms in total. The first-order valence-electron chi connectivity index (χ1n) is 9.10. The number of ether oxygens (including phenoxy) is 3. The molecule has 0 aromatic carbocycles. The second kappa shape index (κ2) is 6.60. The normalized spacial score (nSPS) is 46.1. The zero-order valence-electron chi connectivity index (χ0n) is 15.9. The third-order valence-electron chi connectivity index (χ3n) is 6.55. The minimum Gasteiger partial charge on any atom is -0.462 e. The third-order valence-corrected chi connectivity index (χ3v) is 6.55. The molecule has 2 N–H and O–H groups in total. The van der Waals surface area contributed by atoms with Crippen LogP contribution in [0.2, 0.25) is 0 Å². The van der Waals surface area contributed by atoms with Gasteiger partial charge < -0.3 is 24.4 Å². The van der Waals surface area contributed by atoms with Crippen molar-refractivity contribution < 1.29 is 38.8 Å². The number of rotatable bonds is 2. The molecule has 0 spiro atoms. The standard InChI is InChI=1S/C19H26O8/c1-7-13-16(27-18(7)24)15(23)8(2)14-11(25-9(3)20)6-12(22)19(14,5)17(13)26-10(4)21/h8,11-17,22-23H,1,6H2,2-5H3/t8-,11-,12+,13+,14+,15+,16+,17+,19+/m0/s1.